The maximum Gasteiger partial charge on any atom is 0.243 e. The summed E-state index contributed by atoms with van der Waals surface area (Å²) in [6.45, 7) is 3.69. The molecule has 0 radical (unpaired) electrons. The maximum atomic E-state index is 14.1. The number of fused-ring (bicyclic) bond motifs is 1. The number of carbonyl (C=O) groups is 1. The first kappa shape index (κ1) is 25.4. The molecule has 2 heterocycles. The van der Waals surface area contributed by atoms with Crippen LogP contribution in [-0.4, -0.2) is 49.8 Å². The molecule has 184 valence electrons. The van der Waals surface area contributed by atoms with Crippen molar-refractivity contribution in [3.8, 4) is 5.75 Å². The Morgan fingerprint density at radius 1 is 1.23 bits per heavy atom. The normalized spacial score (nSPS) is 15.6. The van der Waals surface area contributed by atoms with Crippen molar-refractivity contribution in [3.05, 3.63) is 93.9 Å². The molecule has 0 fully saturated rings. The molecule has 0 saturated carbocycles. The summed E-state index contributed by atoms with van der Waals surface area (Å²) in [6.07, 6.45) is 2.09. The van der Waals surface area contributed by atoms with Gasteiger partial charge in [-0.25, -0.2) is 12.8 Å². The highest BCUT2D eigenvalue weighted by Gasteiger charge is 2.35. The van der Waals surface area contributed by atoms with E-state index in [1.165, 1.54) is 42.5 Å². The second-order valence-corrected chi connectivity index (χ2v) is 11.3. The fourth-order valence-corrected chi connectivity index (χ4v) is 6.41. The van der Waals surface area contributed by atoms with Crippen LogP contribution in [0.2, 0.25) is 5.02 Å². The molecule has 4 rings (SSSR count). The van der Waals surface area contributed by atoms with Gasteiger partial charge in [0.15, 0.2) is 11.6 Å². The minimum atomic E-state index is -3.96. The van der Waals surface area contributed by atoms with Crippen LogP contribution < -0.4 is 4.74 Å². The van der Waals surface area contributed by atoms with Crippen LogP contribution in [0.25, 0.3) is 0 Å². The highest BCUT2D eigenvalue weighted by atomic mass is 35.5. The van der Waals surface area contributed by atoms with Crippen LogP contribution in [0.5, 0.6) is 5.75 Å². The highest BCUT2D eigenvalue weighted by molar-refractivity contribution is 7.89. The summed E-state index contributed by atoms with van der Waals surface area (Å²) in [7, 11) is -3.96. The van der Waals surface area contributed by atoms with Gasteiger partial charge in [-0.1, -0.05) is 29.8 Å². The molecule has 10 heteroatoms. The molecule has 0 spiro atoms. The number of rotatable bonds is 9. The largest absolute Gasteiger partial charge is 0.488 e. The minimum absolute atomic E-state index is 0.0368. The molecule has 0 saturated heterocycles. The molecule has 0 bridgehead atoms. The molecular formula is C25H24ClFN2O4S2. The lowest BCUT2D eigenvalue weighted by Crippen LogP contribution is -2.47. The summed E-state index contributed by atoms with van der Waals surface area (Å²) in [4.78, 5) is 16.3. The summed E-state index contributed by atoms with van der Waals surface area (Å²) in [6, 6.07) is 13.3. The molecule has 3 aromatic rings. The number of thiophene rings is 1. The van der Waals surface area contributed by atoms with Gasteiger partial charge in [0.2, 0.25) is 15.9 Å². The number of amides is 1. The van der Waals surface area contributed by atoms with E-state index in [2.05, 4.69) is 6.58 Å². The van der Waals surface area contributed by atoms with Crippen molar-refractivity contribution in [1.82, 2.24) is 9.21 Å². The third-order valence-corrected chi connectivity index (χ3v) is 8.82. The Morgan fingerprint density at radius 2 is 1.97 bits per heavy atom. The van der Waals surface area contributed by atoms with Gasteiger partial charge in [-0.2, -0.15) is 4.31 Å². The molecule has 1 amide bonds. The lowest BCUT2D eigenvalue weighted by atomic mass is 10.0. The average molecular weight is 535 g/mol. The van der Waals surface area contributed by atoms with Crippen LogP contribution in [0, 0.1) is 5.82 Å². The van der Waals surface area contributed by atoms with E-state index in [0.29, 0.717) is 18.0 Å². The zero-order valence-electron chi connectivity index (χ0n) is 18.8. The van der Waals surface area contributed by atoms with Gasteiger partial charge in [0.05, 0.1) is 17.5 Å². The maximum absolute atomic E-state index is 14.1. The molecule has 0 N–H and O–H groups in total. The van der Waals surface area contributed by atoms with Gasteiger partial charge in [0, 0.05) is 23.0 Å². The van der Waals surface area contributed by atoms with Crippen LogP contribution >= 0.6 is 22.9 Å². The number of carbonyl (C=O) groups excluding carboxylic acids is 1. The van der Waals surface area contributed by atoms with E-state index in [9.17, 15) is 17.6 Å². The van der Waals surface area contributed by atoms with E-state index >= 15 is 0 Å². The number of nitrogens with zero attached hydrogens (tertiary/aromatic N) is 2. The SMILES string of the molecule is C=CCN(CC(=O)N1CCc2sccc2C1COc1ccccc1F)S(=O)(=O)c1ccc(Cl)cc1. The standard InChI is InChI=1S/C25H24ClFN2O4S2/c1-2-13-28(35(31,32)19-9-7-18(26)8-10-19)16-25(30)29-14-11-24-20(12-15-34-24)22(29)17-33-23-6-4-3-5-21(23)27/h2-10,12,15,22H,1,11,13-14,16-17H2. The molecule has 1 aliphatic rings. The monoisotopic (exact) mass is 534 g/mol. The van der Waals surface area contributed by atoms with Crippen LogP contribution in [0.4, 0.5) is 4.39 Å². The van der Waals surface area contributed by atoms with E-state index in [4.69, 9.17) is 16.3 Å². The third-order valence-electron chi connectivity index (χ3n) is 5.74. The van der Waals surface area contributed by atoms with Crippen LogP contribution in [0.1, 0.15) is 16.5 Å². The van der Waals surface area contributed by atoms with Crippen molar-refractivity contribution in [3.63, 3.8) is 0 Å². The second-order valence-electron chi connectivity index (χ2n) is 7.93. The topological polar surface area (TPSA) is 66.9 Å². The molecule has 1 aromatic heterocycles. The third kappa shape index (κ3) is 5.59. The quantitative estimate of drug-likeness (QED) is 0.365. The van der Waals surface area contributed by atoms with Crippen molar-refractivity contribution in [1.29, 1.82) is 0 Å². The Balaban J connectivity index is 1.57. The molecule has 1 unspecified atom stereocenters. The molecule has 2 aromatic carbocycles. The first-order valence-electron chi connectivity index (χ1n) is 10.9. The number of hydrogen-bond donors (Lipinski definition) is 0. The summed E-state index contributed by atoms with van der Waals surface area (Å²) in [5, 5.41) is 2.36. The van der Waals surface area contributed by atoms with Crippen LogP contribution in [-0.2, 0) is 21.2 Å². The summed E-state index contributed by atoms with van der Waals surface area (Å²) < 4.78 is 47.4. The lowest BCUT2D eigenvalue weighted by Gasteiger charge is -2.36. The zero-order valence-corrected chi connectivity index (χ0v) is 21.2. The van der Waals surface area contributed by atoms with Gasteiger partial charge in [-0.05, 0) is 59.8 Å². The molecule has 0 aliphatic carbocycles. The van der Waals surface area contributed by atoms with Gasteiger partial charge < -0.3 is 9.64 Å². The molecule has 6 nitrogen and oxygen atoms in total. The van der Waals surface area contributed by atoms with Gasteiger partial charge in [0.25, 0.3) is 0 Å². The van der Waals surface area contributed by atoms with Crippen molar-refractivity contribution in [2.45, 2.75) is 17.4 Å². The summed E-state index contributed by atoms with van der Waals surface area (Å²) in [5.74, 6) is -0.762. The smallest absolute Gasteiger partial charge is 0.243 e. The Hall–Kier alpha value is -2.72. The number of benzene rings is 2. The number of sulfonamides is 1. The van der Waals surface area contributed by atoms with E-state index in [-0.39, 0.29) is 36.2 Å². The second kappa shape index (κ2) is 10.9. The van der Waals surface area contributed by atoms with Gasteiger partial charge in [-0.3, -0.25) is 4.79 Å². The van der Waals surface area contributed by atoms with Crippen molar-refractivity contribution in [2.24, 2.45) is 0 Å². The van der Waals surface area contributed by atoms with Crippen molar-refractivity contribution in [2.75, 3.05) is 26.2 Å². The fourth-order valence-electron chi connectivity index (χ4n) is 3.99. The predicted molar refractivity (Wildman–Crippen MR) is 135 cm³/mol. The first-order valence-corrected chi connectivity index (χ1v) is 13.6. The van der Waals surface area contributed by atoms with E-state index in [1.54, 1.807) is 28.4 Å². The lowest BCUT2D eigenvalue weighted by molar-refractivity contribution is -0.135. The predicted octanol–water partition coefficient (Wildman–Crippen LogP) is 4.92. The number of halogens is 2. The molecular weight excluding hydrogens is 511 g/mol. The van der Waals surface area contributed by atoms with E-state index in [0.717, 1.165) is 14.7 Å². The fraction of sp³-hybridized carbons (Fsp3) is 0.240. The first-order chi connectivity index (χ1) is 16.8. The van der Waals surface area contributed by atoms with Gasteiger partial charge >= 0.3 is 0 Å². The Labute approximate surface area is 213 Å². The Morgan fingerprint density at radius 3 is 2.69 bits per heavy atom. The van der Waals surface area contributed by atoms with Gasteiger partial charge in [0.1, 0.15) is 6.61 Å². The molecule has 1 aliphatic heterocycles. The zero-order chi connectivity index (χ0) is 25.0. The van der Waals surface area contributed by atoms with Crippen LogP contribution in [0.15, 0.2) is 77.5 Å². The van der Waals surface area contributed by atoms with Crippen molar-refractivity contribution < 1.29 is 22.3 Å². The molecule has 35 heavy (non-hydrogen) atoms. The average Bonchev–Trinajstić information content (AvgIpc) is 3.32. The number of hydrogen-bond acceptors (Lipinski definition) is 5. The Bertz CT molecular complexity index is 1310. The summed E-state index contributed by atoms with van der Waals surface area (Å²) >= 11 is 7.49. The minimum Gasteiger partial charge on any atom is -0.488 e. The molecule has 1 atom stereocenters. The van der Waals surface area contributed by atoms with Crippen molar-refractivity contribution >= 4 is 38.9 Å². The Kier molecular flexibility index (Phi) is 7.91. The van der Waals surface area contributed by atoms with Crippen LogP contribution in [0.3, 0.4) is 0 Å². The van der Waals surface area contributed by atoms with E-state index in [1.807, 2.05) is 11.4 Å². The number of para-hydroxylation sites is 1. The van der Waals surface area contributed by atoms with E-state index < -0.39 is 21.9 Å². The summed E-state index contributed by atoms with van der Waals surface area (Å²) in [5.41, 5.74) is 0.932. The number of ether oxygens (including phenoxy) is 1. The van der Waals surface area contributed by atoms with Gasteiger partial charge in [-0.15, -0.1) is 17.9 Å². The highest BCUT2D eigenvalue weighted by Crippen LogP contribution is 2.34.